The first kappa shape index (κ1) is 18.4. The second-order valence-corrected chi connectivity index (χ2v) is 7.31. The Morgan fingerprint density at radius 2 is 1.85 bits per heavy atom. The second kappa shape index (κ2) is 7.88. The number of amides is 3. The highest BCUT2D eigenvalue weighted by atomic mass is 35.5. The van der Waals surface area contributed by atoms with Crippen LogP contribution in [0.3, 0.4) is 0 Å². The number of imide groups is 1. The molecule has 0 bridgehead atoms. The van der Waals surface area contributed by atoms with Crippen LogP contribution >= 0.6 is 22.9 Å². The first-order chi connectivity index (χ1) is 12.5. The second-order valence-electron chi connectivity index (χ2n) is 5.79. The zero-order valence-electron chi connectivity index (χ0n) is 14.1. The molecule has 1 aliphatic carbocycles. The fraction of sp³-hybridized carbons (Fsp3) is 0.278. The Balaban J connectivity index is 1.94. The van der Waals surface area contributed by atoms with Crippen LogP contribution in [0.4, 0.5) is 9.80 Å². The third kappa shape index (κ3) is 3.73. The minimum absolute atomic E-state index is 0.319. The molecule has 2 aromatic rings. The number of nitrogens with one attached hydrogen (secondary N) is 2. The van der Waals surface area contributed by atoms with Crippen molar-refractivity contribution in [3.05, 3.63) is 50.9 Å². The summed E-state index contributed by atoms with van der Waals surface area (Å²) < 4.78 is 4.50. The molecular formula is C18H17ClN2O4S. The van der Waals surface area contributed by atoms with Gasteiger partial charge >= 0.3 is 6.09 Å². The Morgan fingerprint density at radius 1 is 1.12 bits per heavy atom. The van der Waals surface area contributed by atoms with Gasteiger partial charge in [0.2, 0.25) is 0 Å². The number of fused-ring (bicyclic) bond motifs is 1. The summed E-state index contributed by atoms with van der Waals surface area (Å²) in [5, 5.41) is 5.70. The summed E-state index contributed by atoms with van der Waals surface area (Å²) >= 11 is 7.44. The van der Waals surface area contributed by atoms with E-state index in [0.29, 0.717) is 21.2 Å². The third-order valence-corrected chi connectivity index (χ3v) is 5.68. The van der Waals surface area contributed by atoms with E-state index in [-0.39, 0.29) is 0 Å². The molecule has 0 saturated heterocycles. The van der Waals surface area contributed by atoms with Gasteiger partial charge in [-0.05, 0) is 43.4 Å². The SMILES string of the molecule is COC(=O)NC(=O)c1c(NC(=O)c2ccccc2Cl)sc2c1CCCC2. The van der Waals surface area contributed by atoms with Crippen LogP contribution in [0, 0.1) is 0 Å². The Hall–Kier alpha value is -2.38. The predicted molar refractivity (Wildman–Crippen MR) is 100 cm³/mol. The van der Waals surface area contributed by atoms with Crippen LogP contribution in [-0.4, -0.2) is 25.0 Å². The van der Waals surface area contributed by atoms with E-state index < -0.39 is 17.9 Å². The Bertz CT molecular complexity index is 878. The molecule has 1 aromatic heterocycles. The third-order valence-electron chi connectivity index (χ3n) is 4.14. The van der Waals surface area contributed by atoms with Crippen molar-refractivity contribution in [2.75, 3.05) is 12.4 Å². The zero-order chi connectivity index (χ0) is 18.7. The van der Waals surface area contributed by atoms with E-state index in [9.17, 15) is 14.4 Å². The first-order valence-electron chi connectivity index (χ1n) is 8.11. The van der Waals surface area contributed by atoms with Crippen LogP contribution in [0.1, 0.15) is 44.0 Å². The quantitative estimate of drug-likeness (QED) is 0.825. The van der Waals surface area contributed by atoms with Gasteiger partial charge in [0.1, 0.15) is 5.00 Å². The maximum atomic E-state index is 12.6. The minimum atomic E-state index is -0.839. The van der Waals surface area contributed by atoms with Gasteiger partial charge in [0.05, 0.1) is 23.3 Å². The molecule has 1 aromatic carbocycles. The van der Waals surface area contributed by atoms with Gasteiger partial charge in [-0.25, -0.2) is 4.79 Å². The number of ether oxygens (including phenoxy) is 1. The lowest BCUT2D eigenvalue weighted by molar-refractivity contribution is 0.0937. The van der Waals surface area contributed by atoms with E-state index in [1.807, 2.05) is 0 Å². The molecule has 0 unspecified atom stereocenters. The Morgan fingerprint density at radius 3 is 2.58 bits per heavy atom. The van der Waals surface area contributed by atoms with Gasteiger partial charge in [-0.3, -0.25) is 14.9 Å². The van der Waals surface area contributed by atoms with Gasteiger partial charge in [-0.1, -0.05) is 23.7 Å². The lowest BCUT2D eigenvalue weighted by Crippen LogP contribution is -2.31. The van der Waals surface area contributed by atoms with E-state index in [1.165, 1.54) is 18.4 Å². The van der Waals surface area contributed by atoms with Gasteiger partial charge in [0.15, 0.2) is 0 Å². The van der Waals surface area contributed by atoms with E-state index >= 15 is 0 Å². The standard InChI is InChI=1S/C18H17ClN2O4S/c1-25-18(24)21-16(23)14-11-7-3-5-9-13(11)26-17(14)20-15(22)10-6-2-4-8-12(10)19/h2,4,6,8H,3,5,7,9H2,1H3,(H,20,22)(H,21,23,24). The molecule has 1 heterocycles. The Labute approximate surface area is 159 Å². The predicted octanol–water partition coefficient (Wildman–Crippen LogP) is 4.03. The number of alkyl carbamates (subject to hydrolysis) is 1. The fourth-order valence-electron chi connectivity index (χ4n) is 2.92. The molecule has 3 rings (SSSR count). The number of rotatable bonds is 3. The molecular weight excluding hydrogens is 376 g/mol. The van der Waals surface area contributed by atoms with Crippen molar-refractivity contribution in [2.45, 2.75) is 25.7 Å². The number of carbonyl (C=O) groups excluding carboxylic acids is 3. The monoisotopic (exact) mass is 392 g/mol. The van der Waals surface area contributed by atoms with E-state index in [4.69, 9.17) is 11.6 Å². The summed E-state index contributed by atoms with van der Waals surface area (Å²) in [6.07, 6.45) is 2.73. The number of methoxy groups -OCH3 is 1. The molecule has 0 fully saturated rings. The number of halogens is 1. The summed E-state index contributed by atoms with van der Waals surface area (Å²) in [5.41, 5.74) is 1.53. The molecule has 0 aliphatic heterocycles. The van der Waals surface area contributed by atoms with Crippen LogP contribution in [0.2, 0.25) is 5.02 Å². The highest BCUT2D eigenvalue weighted by molar-refractivity contribution is 7.17. The molecule has 8 heteroatoms. The van der Waals surface area contributed by atoms with Gasteiger partial charge in [-0.15, -0.1) is 11.3 Å². The molecule has 1 aliphatic rings. The van der Waals surface area contributed by atoms with Crippen LogP contribution in [0.5, 0.6) is 0 Å². The Kier molecular flexibility index (Phi) is 5.58. The first-order valence-corrected chi connectivity index (χ1v) is 9.30. The fourth-order valence-corrected chi connectivity index (χ4v) is 4.42. The molecule has 3 amide bonds. The van der Waals surface area contributed by atoms with E-state index in [2.05, 4.69) is 15.4 Å². The number of hydrogen-bond acceptors (Lipinski definition) is 5. The maximum Gasteiger partial charge on any atom is 0.413 e. The number of thiophene rings is 1. The summed E-state index contributed by atoms with van der Waals surface area (Å²) in [7, 11) is 1.19. The summed E-state index contributed by atoms with van der Waals surface area (Å²) in [6.45, 7) is 0. The largest absolute Gasteiger partial charge is 0.453 e. The summed E-state index contributed by atoms with van der Waals surface area (Å²) in [6, 6.07) is 6.68. The highest BCUT2D eigenvalue weighted by Gasteiger charge is 2.27. The number of hydrogen-bond donors (Lipinski definition) is 2. The molecule has 0 saturated carbocycles. The molecule has 0 radical (unpaired) electrons. The topological polar surface area (TPSA) is 84.5 Å². The average molecular weight is 393 g/mol. The minimum Gasteiger partial charge on any atom is -0.453 e. The van der Waals surface area contributed by atoms with Crippen molar-refractivity contribution in [2.24, 2.45) is 0 Å². The van der Waals surface area contributed by atoms with Gasteiger partial charge < -0.3 is 10.1 Å². The molecule has 6 nitrogen and oxygen atoms in total. The number of aryl methyl sites for hydroxylation is 1. The van der Waals surface area contributed by atoms with Crippen LogP contribution in [0.25, 0.3) is 0 Å². The van der Waals surface area contributed by atoms with Gasteiger partial charge in [0.25, 0.3) is 11.8 Å². The summed E-state index contributed by atoms with van der Waals surface area (Å²) in [4.78, 5) is 37.6. The van der Waals surface area contributed by atoms with E-state index in [1.54, 1.807) is 24.3 Å². The molecule has 136 valence electrons. The number of anilines is 1. The number of benzene rings is 1. The lowest BCUT2D eigenvalue weighted by Gasteiger charge is -2.12. The van der Waals surface area contributed by atoms with Crippen molar-refractivity contribution in [1.82, 2.24) is 5.32 Å². The smallest absolute Gasteiger partial charge is 0.413 e. The normalized spacial score (nSPS) is 12.8. The average Bonchev–Trinajstić information content (AvgIpc) is 2.99. The molecule has 26 heavy (non-hydrogen) atoms. The lowest BCUT2D eigenvalue weighted by atomic mass is 9.95. The van der Waals surface area contributed by atoms with Crippen LogP contribution in [-0.2, 0) is 17.6 Å². The molecule has 0 atom stereocenters. The van der Waals surface area contributed by atoms with Crippen molar-refractivity contribution in [3.8, 4) is 0 Å². The maximum absolute atomic E-state index is 12.6. The van der Waals surface area contributed by atoms with Crippen LogP contribution in [0.15, 0.2) is 24.3 Å². The highest BCUT2D eigenvalue weighted by Crippen LogP contribution is 2.38. The van der Waals surface area contributed by atoms with Crippen molar-refractivity contribution in [3.63, 3.8) is 0 Å². The van der Waals surface area contributed by atoms with Crippen molar-refractivity contribution >= 4 is 45.8 Å². The number of carbonyl (C=O) groups is 3. The van der Waals surface area contributed by atoms with Crippen molar-refractivity contribution in [1.29, 1.82) is 0 Å². The van der Waals surface area contributed by atoms with Crippen molar-refractivity contribution < 1.29 is 19.1 Å². The van der Waals surface area contributed by atoms with Crippen LogP contribution < -0.4 is 10.6 Å². The summed E-state index contributed by atoms with van der Waals surface area (Å²) in [5.74, 6) is -0.980. The van der Waals surface area contributed by atoms with Gasteiger partial charge in [-0.2, -0.15) is 0 Å². The molecule has 0 spiro atoms. The molecule has 2 N–H and O–H groups in total. The van der Waals surface area contributed by atoms with E-state index in [0.717, 1.165) is 36.1 Å². The zero-order valence-corrected chi connectivity index (χ0v) is 15.6. The van der Waals surface area contributed by atoms with Gasteiger partial charge in [0, 0.05) is 4.88 Å².